The van der Waals surface area contributed by atoms with Gasteiger partial charge < -0.3 is 25.0 Å². The summed E-state index contributed by atoms with van der Waals surface area (Å²) in [6, 6.07) is 15.2. The fourth-order valence-electron chi connectivity index (χ4n) is 4.58. The van der Waals surface area contributed by atoms with E-state index in [-0.39, 0.29) is 12.6 Å². The number of carbonyl (C=O) groups is 2. The maximum absolute atomic E-state index is 13.1. The van der Waals surface area contributed by atoms with E-state index in [1.165, 1.54) is 5.56 Å². The van der Waals surface area contributed by atoms with E-state index in [1.807, 2.05) is 42.5 Å². The van der Waals surface area contributed by atoms with Gasteiger partial charge in [0.1, 0.15) is 5.75 Å². The standard InChI is InChI=1S/C27H34N4O4/c1-4-19-9-11-20(12-10-19)25-24(26(32)35-5-2)23(28-27(33)29-25)18-30-13-15-31(16-14-30)21-7-6-8-22(17-21)34-3/h6-12,17,25H,4-5,13-16,18H2,1-3H3,(H2,28,29,33)/t25-/m0/s1. The molecule has 0 bridgehead atoms. The Kier molecular flexibility index (Phi) is 7.92. The predicted molar refractivity (Wildman–Crippen MR) is 136 cm³/mol. The van der Waals surface area contributed by atoms with Crippen LogP contribution in [0.1, 0.15) is 31.0 Å². The number of hydrogen-bond donors (Lipinski definition) is 2. The first-order valence-electron chi connectivity index (χ1n) is 12.2. The molecule has 4 rings (SSSR count). The Labute approximate surface area is 206 Å². The SMILES string of the molecule is CCOC(=O)C1=C(CN2CCN(c3cccc(OC)c3)CC2)NC(=O)N[C@H]1c1ccc(CC)cc1. The molecule has 2 N–H and O–H groups in total. The van der Waals surface area contributed by atoms with Crippen LogP contribution in [0.25, 0.3) is 0 Å². The van der Waals surface area contributed by atoms with Crippen molar-refractivity contribution >= 4 is 17.7 Å². The van der Waals surface area contributed by atoms with Crippen molar-refractivity contribution in [3.05, 3.63) is 70.9 Å². The highest BCUT2D eigenvalue weighted by molar-refractivity contribution is 5.95. The van der Waals surface area contributed by atoms with Crippen molar-refractivity contribution in [3.63, 3.8) is 0 Å². The Hall–Kier alpha value is -3.52. The summed E-state index contributed by atoms with van der Waals surface area (Å²) in [5.41, 5.74) is 4.25. The molecule has 8 nitrogen and oxygen atoms in total. The van der Waals surface area contributed by atoms with Crippen LogP contribution in [0.2, 0.25) is 0 Å². The molecule has 1 saturated heterocycles. The number of nitrogens with zero attached hydrogens (tertiary/aromatic N) is 2. The number of piperazine rings is 1. The molecule has 2 heterocycles. The number of benzene rings is 2. The molecule has 35 heavy (non-hydrogen) atoms. The lowest BCUT2D eigenvalue weighted by molar-refractivity contribution is -0.139. The van der Waals surface area contributed by atoms with Gasteiger partial charge in [0.05, 0.1) is 25.3 Å². The number of anilines is 1. The second kappa shape index (κ2) is 11.3. The number of rotatable bonds is 8. The van der Waals surface area contributed by atoms with E-state index in [0.29, 0.717) is 17.8 Å². The van der Waals surface area contributed by atoms with Crippen LogP contribution in [0.4, 0.5) is 10.5 Å². The zero-order valence-electron chi connectivity index (χ0n) is 20.7. The summed E-state index contributed by atoms with van der Waals surface area (Å²) in [5.74, 6) is 0.430. The zero-order chi connectivity index (χ0) is 24.8. The highest BCUT2D eigenvalue weighted by Gasteiger charge is 2.34. The molecule has 186 valence electrons. The minimum atomic E-state index is -0.554. The third-order valence-electron chi connectivity index (χ3n) is 6.54. The molecule has 1 atom stereocenters. The van der Waals surface area contributed by atoms with Crippen LogP contribution in [-0.4, -0.2) is 63.3 Å². The lowest BCUT2D eigenvalue weighted by atomic mass is 9.94. The van der Waals surface area contributed by atoms with E-state index in [9.17, 15) is 9.59 Å². The molecule has 2 aliphatic heterocycles. The maximum Gasteiger partial charge on any atom is 0.338 e. The number of carbonyl (C=O) groups excluding carboxylic acids is 2. The molecule has 1 fully saturated rings. The zero-order valence-corrected chi connectivity index (χ0v) is 20.7. The van der Waals surface area contributed by atoms with Gasteiger partial charge in [-0.25, -0.2) is 9.59 Å². The van der Waals surface area contributed by atoms with Gasteiger partial charge in [0.25, 0.3) is 0 Å². The van der Waals surface area contributed by atoms with E-state index in [0.717, 1.165) is 49.6 Å². The van der Waals surface area contributed by atoms with Crippen LogP contribution in [-0.2, 0) is 16.0 Å². The molecule has 0 aliphatic carbocycles. The summed E-state index contributed by atoms with van der Waals surface area (Å²) in [4.78, 5) is 30.2. The van der Waals surface area contributed by atoms with Crippen molar-refractivity contribution in [2.75, 3.05) is 51.3 Å². The van der Waals surface area contributed by atoms with E-state index in [1.54, 1.807) is 14.0 Å². The molecule has 2 aromatic rings. The van der Waals surface area contributed by atoms with Crippen LogP contribution >= 0.6 is 0 Å². The highest BCUT2D eigenvalue weighted by Crippen LogP contribution is 2.29. The normalized spacial score (nSPS) is 18.7. The third-order valence-corrected chi connectivity index (χ3v) is 6.54. The van der Waals surface area contributed by atoms with Gasteiger partial charge in [0.2, 0.25) is 0 Å². The number of esters is 1. The molecule has 2 aromatic carbocycles. The average Bonchev–Trinajstić information content (AvgIpc) is 2.89. The summed E-state index contributed by atoms with van der Waals surface area (Å²) in [5, 5.41) is 5.81. The molecule has 0 saturated carbocycles. The van der Waals surface area contributed by atoms with Gasteiger partial charge in [0, 0.05) is 50.2 Å². The molecular weight excluding hydrogens is 444 g/mol. The number of methoxy groups -OCH3 is 1. The number of urea groups is 1. The van der Waals surface area contributed by atoms with Gasteiger partial charge in [-0.3, -0.25) is 4.90 Å². The quantitative estimate of drug-likeness (QED) is 0.567. The lowest BCUT2D eigenvalue weighted by Gasteiger charge is -2.38. The van der Waals surface area contributed by atoms with Crippen LogP contribution in [0.5, 0.6) is 5.75 Å². The van der Waals surface area contributed by atoms with Gasteiger partial charge in [-0.15, -0.1) is 0 Å². The minimum absolute atomic E-state index is 0.268. The van der Waals surface area contributed by atoms with E-state index >= 15 is 0 Å². The third kappa shape index (κ3) is 5.77. The molecular formula is C27H34N4O4. The Morgan fingerprint density at radius 1 is 1.06 bits per heavy atom. The van der Waals surface area contributed by atoms with E-state index in [2.05, 4.69) is 33.4 Å². The molecule has 2 aliphatic rings. The summed E-state index contributed by atoms with van der Waals surface area (Å²) >= 11 is 0. The Morgan fingerprint density at radius 2 is 1.80 bits per heavy atom. The molecule has 0 aromatic heterocycles. The number of hydrogen-bond acceptors (Lipinski definition) is 6. The highest BCUT2D eigenvalue weighted by atomic mass is 16.5. The Morgan fingerprint density at radius 3 is 2.46 bits per heavy atom. The van der Waals surface area contributed by atoms with E-state index < -0.39 is 12.0 Å². The van der Waals surface area contributed by atoms with Gasteiger partial charge in [0.15, 0.2) is 0 Å². The molecule has 0 spiro atoms. The summed E-state index contributed by atoms with van der Waals surface area (Å²) in [6.07, 6.45) is 0.923. The van der Waals surface area contributed by atoms with Crippen LogP contribution < -0.4 is 20.3 Å². The first-order chi connectivity index (χ1) is 17.0. The largest absolute Gasteiger partial charge is 0.497 e. The molecule has 8 heteroatoms. The predicted octanol–water partition coefficient (Wildman–Crippen LogP) is 3.25. The fraction of sp³-hybridized carbons (Fsp3) is 0.407. The smallest absolute Gasteiger partial charge is 0.338 e. The monoisotopic (exact) mass is 478 g/mol. The summed E-state index contributed by atoms with van der Waals surface area (Å²) < 4.78 is 10.8. The molecule has 0 radical (unpaired) electrons. The topological polar surface area (TPSA) is 83.1 Å². The van der Waals surface area contributed by atoms with Crippen molar-refractivity contribution in [2.45, 2.75) is 26.3 Å². The Balaban J connectivity index is 1.54. The van der Waals surface area contributed by atoms with Crippen molar-refractivity contribution in [3.8, 4) is 5.75 Å². The van der Waals surface area contributed by atoms with Gasteiger partial charge in [-0.05, 0) is 36.6 Å². The second-order valence-corrected chi connectivity index (χ2v) is 8.70. The fourth-order valence-corrected chi connectivity index (χ4v) is 4.58. The molecule has 2 amide bonds. The Bertz CT molecular complexity index is 1070. The number of nitrogens with one attached hydrogen (secondary N) is 2. The van der Waals surface area contributed by atoms with Crippen LogP contribution in [0.15, 0.2) is 59.8 Å². The summed E-state index contributed by atoms with van der Waals surface area (Å²) in [6.45, 7) is 7.90. The van der Waals surface area contributed by atoms with Crippen molar-refractivity contribution in [1.29, 1.82) is 0 Å². The van der Waals surface area contributed by atoms with Crippen molar-refractivity contribution in [1.82, 2.24) is 15.5 Å². The molecule has 0 unspecified atom stereocenters. The first kappa shape index (κ1) is 24.6. The van der Waals surface area contributed by atoms with Crippen molar-refractivity contribution in [2.24, 2.45) is 0 Å². The van der Waals surface area contributed by atoms with Gasteiger partial charge in [-0.2, -0.15) is 0 Å². The summed E-state index contributed by atoms with van der Waals surface area (Å²) in [7, 11) is 1.67. The van der Waals surface area contributed by atoms with E-state index in [4.69, 9.17) is 9.47 Å². The maximum atomic E-state index is 13.1. The average molecular weight is 479 g/mol. The second-order valence-electron chi connectivity index (χ2n) is 8.70. The number of aryl methyl sites for hydroxylation is 1. The number of ether oxygens (including phenoxy) is 2. The van der Waals surface area contributed by atoms with Crippen LogP contribution in [0.3, 0.4) is 0 Å². The van der Waals surface area contributed by atoms with Crippen molar-refractivity contribution < 1.29 is 19.1 Å². The van der Waals surface area contributed by atoms with Crippen LogP contribution in [0, 0.1) is 0 Å². The minimum Gasteiger partial charge on any atom is -0.497 e. The number of amides is 2. The van der Waals surface area contributed by atoms with Gasteiger partial charge in [-0.1, -0.05) is 37.3 Å². The first-order valence-corrected chi connectivity index (χ1v) is 12.2. The lowest BCUT2D eigenvalue weighted by Crippen LogP contribution is -2.51. The van der Waals surface area contributed by atoms with Gasteiger partial charge >= 0.3 is 12.0 Å².